The van der Waals surface area contributed by atoms with Crippen molar-refractivity contribution < 1.29 is 9.53 Å². The van der Waals surface area contributed by atoms with Crippen molar-refractivity contribution in [2.24, 2.45) is 0 Å². The first-order chi connectivity index (χ1) is 4.76. The summed E-state index contributed by atoms with van der Waals surface area (Å²) in [5.74, 6) is -0.234. The molecular formula is C7H11BrO2. The Labute approximate surface area is 69.4 Å². The van der Waals surface area contributed by atoms with Crippen LogP contribution in [0.4, 0.5) is 0 Å². The van der Waals surface area contributed by atoms with Crippen molar-refractivity contribution in [1.29, 1.82) is 0 Å². The minimum Gasteiger partial charge on any atom is -0.463 e. The number of hydrogen-bond donors (Lipinski definition) is 0. The van der Waals surface area contributed by atoms with Gasteiger partial charge in [0.25, 0.3) is 0 Å². The van der Waals surface area contributed by atoms with Crippen molar-refractivity contribution in [1.82, 2.24) is 0 Å². The summed E-state index contributed by atoms with van der Waals surface area (Å²) in [5, 5.41) is 0.558. The zero-order chi connectivity index (χ0) is 7.98. The predicted molar refractivity (Wildman–Crippen MR) is 44.2 cm³/mol. The normalized spacial score (nSPS) is 11.3. The Hall–Kier alpha value is -0.310. The molecule has 0 N–H and O–H groups in total. The SMILES string of the molecule is CC=C(CBr)C(=O)OCC. The summed E-state index contributed by atoms with van der Waals surface area (Å²) in [6.45, 7) is 4.04. The second-order valence-corrected chi connectivity index (χ2v) is 2.23. The lowest BCUT2D eigenvalue weighted by molar-refractivity contribution is -0.138. The Morgan fingerprint density at radius 1 is 1.70 bits per heavy atom. The van der Waals surface area contributed by atoms with Gasteiger partial charge in [-0.05, 0) is 13.8 Å². The van der Waals surface area contributed by atoms with E-state index in [1.165, 1.54) is 0 Å². The number of ether oxygens (including phenoxy) is 1. The van der Waals surface area contributed by atoms with E-state index in [-0.39, 0.29) is 5.97 Å². The average molecular weight is 207 g/mol. The van der Waals surface area contributed by atoms with Crippen LogP contribution in [-0.4, -0.2) is 17.9 Å². The van der Waals surface area contributed by atoms with Crippen molar-refractivity contribution in [2.75, 3.05) is 11.9 Å². The average Bonchev–Trinajstić information content (AvgIpc) is 1.91. The van der Waals surface area contributed by atoms with Gasteiger partial charge in [-0.2, -0.15) is 0 Å². The first-order valence-electron chi connectivity index (χ1n) is 3.14. The van der Waals surface area contributed by atoms with Gasteiger partial charge in [0, 0.05) is 10.9 Å². The Morgan fingerprint density at radius 3 is 2.60 bits per heavy atom. The molecule has 0 radical (unpaired) electrons. The maximum Gasteiger partial charge on any atom is 0.334 e. The third-order valence-corrected chi connectivity index (χ3v) is 1.63. The van der Waals surface area contributed by atoms with Crippen LogP contribution in [0.25, 0.3) is 0 Å². The molecule has 0 spiro atoms. The van der Waals surface area contributed by atoms with Crippen LogP contribution in [0.5, 0.6) is 0 Å². The molecule has 0 amide bonds. The number of carbonyl (C=O) groups is 1. The van der Waals surface area contributed by atoms with E-state index in [1.807, 2.05) is 6.92 Å². The topological polar surface area (TPSA) is 26.3 Å². The molecule has 0 saturated heterocycles. The standard InChI is InChI=1S/C7H11BrO2/c1-3-6(5-8)7(9)10-4-2/h3H,4-5H2,1-2H3. The first-order valence-corrected chi connectivity index (χ1v) is 4.26. The van der Waals surface area contributed by atoms with Crippen LogP contribution in [0.15, 0.2) is 11.6 Å². The molecule has 0 aliphatic rings. The molecule has 0 unspecified atom stereocenters. The molecule has 0 fully saturated rings. The molecule has 0 aromatic carbocycles. The van der Waals surface area contributed by atoms with Crippen molar-refractivity contribution in [3.63, 3.8) is 0 Å². The van der Waals surface area contributed by atoms with Crippen molar-refractivity contribution in [3.8, 4) is 0 Å². The van der Waals surface area contributed by atoms with Gasteiger partial charge < -0.3 is 4.74 Å². The molecular weight excluding hydrogens is 196 g/mol. The predicted octanol–water partition coefficient (Wildman–Crippen LogP) is 1.89. The van der Waals surface area contributed by atoms with Crippen LogP contribution in [0.2, 0.25) is 0 Å². The van der Waals surface area contributed by atoms with Crippen molar-refractivity contribution >= 4 is 21.9 Å². The molecule has 0 aliphatic carbocycles. The van der Waals surface area contributed by atoms with Gasteiger partial charge in [-0.15, -0.1) is 0 Å². The molecule has 0 atom stereocenters. The van der Waals surface area contributed by atoms with E-state index < -0.39 is 0 Å². The number of hydrogen-bond acceptors (Lipinski definition) is 2. The summed E-state index contributed by atoms with van der Waals surface area (Å²) in [5.41, 5.74) is 0.668. The maximum absolute atomic E-state index is 10.9. The molecule has 58 valence electrons. The fraction of sp³-hybridized carbons (Fsp3) is 0.571. The second-order valence-electron chi connectivity index (χ2n) is 1.67. The molecule has 10 heavy (non-hydrogen) atoms. The molecule has 0 heterocycles. The van der Waals surface area contributed by atoms with E-state index >= 15 is 0 Å². The monoisotopic (exact) mass is 206 g/mol. The number of halogens is 1. The quantitative estimate of drug-likeness (QED) is 0.401. The fourth-order valence-corrected chi connectivity index (χ4v) is 1.03. The number of carbonyl (C=O) groups excluding carboxylic acids is 1. The summed E-state index contributed by atoms with van der Waals surface area (Å²) >= 11 is 3.18. The van der Waals surface area contributed by atoms with Gasteiger partial charge in [0.2, 0.25) is 0 Å². The molecule has 2 nitrogen and oxygen atoms in total. The first kappa shape index (κ1) is 9.69. The Morgan fingerprint density at radius 2 is 2.30 bits per heavy atom. The van der Waals surface area contributed by atoms with Crippen LogP contribution >= 0.6 is 15.9 Å². The summed E-state index contributed by atoms with van der Waals surface area (Å²) < 4.78 is 4.75. The smallest absolute Gasteiger partial charge is 0.334 e. The Balaban J connectivity index is 3.91. The number of alkyl halides is 1. The summed E-state index contributed by atoms with van der Waals surface area (Å²) in [4.78, 5) is 10.9. The summed E-state index contributed by atoms with van der Waals surface area (Å²) in [6.07, 6.45) is 1.74. The minimum absolute atomic E-state index is 0.234. The van der Waals surface area contributed by atoms with Crippen LogP contribution in [-0.2, 0) is 9.53 Å². The van der Waals surface area contributed by atoms with E-state index in [0.717, 1.165) is 0 Å². The van der Waals surface area contributed by atoms with Gasteiger partial charge in [0.1, 0.15) is 0 Å². The van der Waals surface area contributed by atoms with E-state index in [2.05, 4.69) is 15.9 Å². The molecule has 0 rings (SSSR count). The van der Waals surface area contributed by atoms with Gasteiger partial charge in [-0.25, -0.2) is 4.79 Å². The van der Waals surface area contributed by atoms with Gasteiger partial charge in [-0.3, -0.25) is 0 Å². The summed E-state index contributed by atoms with van der Waals surface area (Å²) in [7, 11) is 0. The molecule has 0 aromatic heterocycles. The highest BCUT2D eigenvalue weighted by Gasteiger charge is 2.05. The fourth-order valence-electron chi connectivity index (χ4n) is 0.473. The minimum atomic E-state index is -0.234. The molecule has 0 aromatic rings. The third-order valence-electron chi connectivity index (χ3n) is 1.03. The molecule has 0 bridgehead atoms. The van der Waals surface area contributed by atoms with E-state index in [0.29, 0.717) is 17.5 Å². The van der Waals surface area contributed by atoms with Crippen LogP contribution < -0.4 is 0 Å². The van der Waals surface area contributed by atoms with Gasteiger partial charge >= 0.3 is 5.97 Å². The number of rotatable bonds is 3. The number of esters is 1. The molecule has 0 aliphatic heterocycles. The number of allylic oxidation sites excluding steroid dienone is 1. The zero-order valence-corrected chi connectivity index (χ0v) is 7.77. The van der Waals surface area contributed by atoms with E-state index in [1.54, 1.807) is 13.0 Å². The van der Waals surface area contributed by atoms with Crippen LogP contribution in [0, 0.1) is 0 Å². The lowest BCUT2D eigenvalue weighted by Gasteiger charge is -2.00. The largest absolute Gasteiger partial charge is 0.463 e. The molecule has 3 heteroatoms. The Kier molecular flexibility index (Phi) is 5.30. The summed E-state index contributed by atoms with van der Waals surface area (Å²) in [6, 6.07) is 0. The highest BCUT2D eigenvalue weighted by molar-refractivity contribution is 9.09. The lowest BCUT2D eigenvalue weighted by Crippen LogP contribution is -2.07. The van der Waals surface area contributed by atoms with E-state index in [9.17, 15) is 4.79 Å². The maximum atomic E-state index is 10.9. The lowest BCUT2D eigenvalue weighted by atomic mass is 10.3. The van der Waals surface area contributed by atoms with Gasteiger partial charge in [0.05, 0.1) is 6.61 Å². The van der Waals surface area contributed by atoms with Crippen molar-refractivity contribution in [3.05, 3.63) is 11.6 Å². The third kappa shape index (κ3) is 3.01. The van der Waals surface area contributed by atoms with Crippen LogP contribution in [0.3, 0.4) is 0 Å². The second kappa shape index (κ2) is 5.47. The highest BCUT2D eigenvalue weighted by atomic mass is 79.9. The van der Waals surface area contributed by atoms with Gasteiger partial charge in [-0.1, -0.05) is 22.0 Å². The Bertz CT molecular complexity index is 141. The molecule has 0 saturated carbocycles. The van der Waals surface area contributed by atoms with Crippen molar-refractivity contribution in [2.45, 2.75) is 13.8 Å². The highest BCUT2D eigenvalue weighted by Crippen LogP contribution is 2.01. The van der Waals surface area contributed by atoms with Gasteiger partial charge in [0.15, 0.2) is 0 Å². The van der Waals surface area contributed by atoms with Crippen LogP contribution in [0.1, 0.15) is 13.8 Å². The van der Waals surface area contributed by atoms with E-state index in [4.69, 9.17) is 4.74 Å². The zero-order valence-electron chi connectivity index (χ0n) is 6.19.